The zero-order chi connectivity index (χ0) is 14.4. The summed E-state index contributed by atoms with van der Waals surface area (Å²) in [6.07, 6.45) is 1.90. The van der Waals surface area contributed by atoms with Gasteiger partial charge in [-0.1, -0.05) is 36.4 Å². The van der Waals surface area contributed by atoms with Crippen LogP contribution in [0.4, 0.5) is 0 Å². The lowest BCUT2D eigenvalue weighted by atomic mass is 9.86. The molecule has 3 aromatic rings. The lowest BCUT2D eigenvalue weighted by Gasteiger charge is -2.20. The first kappa shape index (κ1) is 12.2. The van der Waals surface area contributed by atoms with Crippen LogP contribution in [0, 0.1) is 11.3 Å². The third-order valence-corrected chi connectivity index (χ3v) is 4.38. The molecule has 1 heterocycles. The number of nitriles is 1. The van der Waals surface area contributed by atoms with Crippen molar-refractivity contribution in [2.24, 2.45) is 5.73 Å². The summed E-state index contributed by atoms with van der Waals surface area (Å²) < 4.78 is 0. The molecule has 3 heteroatoms. The molecule has 102 valence electrons. The molecule has 3 nitrogen and oxygen atoms in total. The molecule has 1 atom stereocenters. The van der Waals surface area contributed by atoms with Crippen molar-refractivity contribution in [2.45, 2.75) is 18.9 Å². The molecule has 0 amide bonds. The largest absolute Gasteiger partial charge is 0.353 e. The topological polar surface area (TPSA) is 65.6 Å². The van der Waals surface area contributed by atoms with Gasteiger partial charge >= 0.3 is 0 Å². The first-order chi connectivity index (χ1) is 10.3. The number of nitrogens with zero attached hydrogens (tertiary/aromatic N) is 1. The number of hydrogen-bond acceptors (Lipinski definition) is 2. The number of nitrogens with one attached hydrogen (secondary N) is 1. The van der Waals surface area contributed by atoms with E-state index >= 15 is 0 Å². The van der Waals surface area contributed by atoms with Crippen molar-refractivity contribution in [3.8, 4) is 17.3 Å². The molecule has 3 N–H and O–H groups in total. The van der Waals surface area contributed by atoms with Crippen molar-refractivity contribution < 1.29 is 0 Å². The molecule has 1 aliphatic carbocycles. The number of hydrogen-bond donors (Lipinski definition) is 2. The molecule has 2 aromatic carbocycles. The zero-order valence-electron chi connectivity index (χ0n) is 11.6. The predicted octanol–water partition coefficient (Wildman–Crippen LogP) is 3.65. The number of aryl methyl sites for hydroxylation is 1. The molecule has 0 spiro atoms. The molecule has 4 rings (SSSR count). The summed E-state index contributed by atoms with van der Waals surface area (Å²) in [7, 11) is 0. The Morgan fingerprint density at radius 3 is 2.71 bits per heavy atom. The van der Waals surface area contributed by atoms with Crippen LogP contribution in [-0.2, 0) is 6.42 Å². The molecule has 21 heavy (non-hydrogen) atoms. The van der Waals surface area contributed by atoms with E-state index < -0.39 is 0 Å². The van der Waals surface area contributed by atoms with Gasteiger partial charge in [0.25, 0.3) is 0 Å². The number of aromatic amines is 1. The van der Waals surface area contributed by atoms with Crippen molar-refractivity contribution in [3.05, 3.63) is 59.2 Å². The quantitative estimate of drug-likeness (QED) is 0.710. The Morgan fingerprint density at radius 2 is 1.95 bits per heavy atom. The van der Waals surface area contributed by atoms with E-state index in [9.17, 15) is 5.26 Å². The third-order valence-electron chi connectivity index (χ3n) is 4.38. The summed E-state index contributed by atoms with van der Waals surface area (Å²) in [6, 6.07) is 16.5. The lowest BCUT2D eigenvalue weighted by Crippen LogP contribution is -2.15. The smallest absolute Gasteiger partial charge is 0.101 e. The molecule has 0 saturated heterocycles. The van der Waals surface area contributed by atoms with Crippen LogP contribution in [0.25, 0.3) is 22.2 Å². The summed E-state index contributed by atoms with van der Waals surface area (Å²) in [5, 5.41) is 10.5. The minimum absolute atomic E-state index is 0.0622. The van der Waals surface area contributed by atoms with E-state index in [-0.39, 0.29) is 6.04 Å². The fourth-order valence-electron chi connectivity index (χ4n) is 3.36. The van der Waals surface area contributed by atoms with E-state index in [0.29, 0.717) is 5.56 Å². The highest BCUT2D eigenvalue weighted by Gasteiger charge is 2.25. The highest BCUT2D eigenvalue weighted by molar-refractivity contribution is 5.97. The number of benzene rings is 2. The van der Waals surface area contributed by atoms with Crippen LogP contribution >= 0.6 is 0 Å². The molecule has 0 bridgehead atoms. The van der Waals surface area contributed by atoms with Crippen LogP contribution in [0.2, 0.25) is 0 Å². The molecule has 1 aromatic heterocycles. The second-order valence-electron chi connectivity index (χ2n) is 5.55. The van der Waals surface area contributed by atoms with Crippen molar-refractivity contribution in [1.29, 1.82) is 5.26 Å². The molecular weight excluding hydrogens is 258 g/mol. The number of rotatable bonds is 1. The van der Waals surface area contributed by atoms with Gasteiger partial charge in [-0.05, 0) is 35.6 Å². The number of aromatic nitrogens is 1. The fraction of sp³-hybridized carbons (Fsp3) is 0.167. The van der Waals surface area contributed by atoms with Gasteiger partial charge in [0.1, 0.15) is 6.07 Å². The van der Waals surface area contributed by atoms with E-state index in [4.69, 9.17) is 5.73 Å². The Bertz CT molecular complexity index is 869. The van der Waals surface area contributed by atoms with Crippen molar-refractivity contribution in [2.75, 3.05) is 0 Å². The van der Waals surface area contributed by atoms with Crippen LogP contribution < -0.4 is 5.73 Å². The lowest BCUT2D eigenvalue weighted by molar-refractivity contribution is 0.644. The standard InChI is InChI=1S/C18H15N3/c19-10-12-6-7-13-15(20)9-8-14-16(13)18(12)21-17(14)11-4-2-1-3-5-11/h1-7,15,21H,8-9,20H2. The highest BCUT2D eigenvalue weighted by Crippen LogP contribution is 2.40. The fourth-order valence-corrected chi connectivity index (χ4v) is 3.36. The van der Waals surface area contributed by atoms with Crippen LogP contribution in [-0.4, -0.2) is 4.98 Å². The minimum Gasteiger partial charge on any atom is -0.353 e. The Morgan fingerprint density at radius 1 is 1.14 bits per heavy atom. The second kappa shape index (κ2) is 4.47. The Balaban J connectivity index is 2.10. The van der Waals surface area contributed by atoms with Crippen LogP contribution in [0.15, 0.2) is 42.5 Å². The van der Waals surface area contributed by atoms with Gasteiger partial charge in [0.05, 0.1) is 11.1 Å². The maximum atomic E-state index is 9.35. The Kier molecular flexibility index (Phi) is 2.60. The Hall–Kier alpha value is -2.57. The SMILES string of the molecule is N#Cc1ccc2c3c(c(-c4ccccc4)[nH]c13)CCC2N. The molecule has 1 aliphatic rings. The van der Waals surface area contributed by atoms with E-state index in [1.165, 1.54) is 5.56 Å². The van der Waals surface area contributed by atoms with Gasteiger partial charge in [0.15, 0.2) is 0 Å². The molecule has 0 aliphatic heterocycles. The summed E-state index contributed by atoms with van der Waals surface area (Å²) >= 11 is 0. The van der Waals surface area contributed by atoms with Gasteiger partial charge in [0.2, 0.25) is 0 Å². The molecule has 1 unspecified atom stereocenters. The predicted molar refractivity (Wildman–Crippen MR) is 83.7 cm³/mol. The third kappa shape index (κ3) is 1.70. The number of nitrogens with two attached hydrogens (primary N) is 1. The van der Waals surface area contributed by atoms with Crippen LogP contribution in [0.3, 0.4) is 0 Å². The zero-order valence-corrected chi connectivity index (χ0v) is 11.6. The van der Waals surface area contributed by atoms with E-state index in [1.54, 1.807) is 0 Å². The summed E-state index contributed by atoms with van der Waals surface area (Å²) in [4.78, 5) is 3.47. The Labute approximate surface area is 123 Å². The van der Waals surface area contributed by atoms with E-state index in [0.717, 1.165) is 40.6 Å². The minimum atomic E-state index is 0.0622. The van der Waals surface area contributed by atoms with Gasteiger partial charge in [-0.3, -0.25) is 0 Å². The van der Waals surface area contributed by atoms with Crippen LogP contribution in [0.1, 0.15) is 29.2 Å². The number of H-pyrrole nitrogens is 1. The summed E-state index contributed by atoms with van der Waals surface area (Å²) in [5.41, 5.74) is 12.6. The summed E-state index contributed by atoms with van der Waals surface area (Å²) in [5.74, 6) is 0. The highest BCUT2D eigenvalue weighted by atomic mass is 14.7. The van der Waals surface area contributed by atoms with Crippen molar-refractivity contribution >= 4 is 10.9 Å². The second-order valence-corrected chi connectivity index (χ2v) is 5.55. The monoisotopic (exact) mass is 273 g/mol. The maximum Gasteiger partial charge on any atom is 0.101 e. The van der Waals surface area contributed by atoms with Crippen molar-refractivity contribution in [3.63, 3.8) is 0 Å². The van der Waals surface area contributed by atoms with Gasteiger partial charge in [-0.15, -0.1) is 0 Å². The van der Waals surface area contributed by atoms with Gasteiger partial charge in [0, 0.05) is 17.1 Å². The normalized spacial score (nSPS) is 16.9. The van der Waals surface area contributed by atoms with E-state index in [1.807, 2.05) is 30.3 Å². The van der Waals surface area contributed by atoms with Gasteiger partial charge in [-0.2, -0.15) is 5.26 Å². The molecular formula is C18H15N3. The molecule has 0 fully saturated rings. The molecule has 0 saturated carbocycles. The maximum absolute atomic E-state index is 9.35. The van der Waals surface area contributed by atoms with Crippen molar-refractivity contribution in [1.82, 2.24) is 4.98 Å². The van der Waals surface area contributed by atoms with Gasteiger partial charge in [-0.25, -0.2) is 0 Å². The van der Waals surface area contributed by atoms with E-state index in [2.05, 4.69) is 23.2 Å². The molecule has 0 radical (unpaired) electrons. The van der Waals surface area contributed by atoms with Crippen LogP contribution in [0.5, 0.6) is 0 Å². The summed E-state index contributed by atoms with van der Waals surface area (Å²) in [6.45, 7) is 0. The first-order valence-electron chi connectivity index (χ1n) is 7.18. The average molecular weight is 273 g/mol. The first-order valence-corrected chi connectivity index (χ1v) is 7.18. The van der Waals surface area contributed by atoms with Gasteiger partial charge < -0.3 is 10.7 Å². The average Bonchev–Trinajstić information content (AvgIpc) is 2.92.